The van der Waals surface area contributed by atoms with Gasteiger partial charge in [-0.1, -0.05) is 23.5 Å². The summed E-state index contributed by atoms with van der Waals surface area (Å²) >= 11 is 6.48. The molecule has 0 bridgehead atoms. The summed E-state index contributed by atoms with van der Waals surface area (Å²) in [7, 11) is 0. The molecule has 1 heterocycles. The second-order valence-electron chi connectivity index (χ2n) is 4.97. The van der Waals surface area contributed by atoms with E-state index in [2.05, 4.69) is 15.6 Å². The monoisotopic (exact) mass is 375 g/mol. The molecule has 0 aliphatic carbocycles. The van der Waals surface area contributed by atoms with Crippen LogP contribution >= 0.6 is 23.6 Å². The standard InChI is InChI=1S/C17H14FN3O2S2/c1-2-23-10-7-8-13-14(9-10)25-17(19-13)21-16(24)20-15(22)11-5-3-4-6-12(11)18/h3-9H,2H2,1H3,(H2,19,20,21,22,24). The number of thiazole rings is 1. The van der Waals surface area contributed by atoms with Crippen LogP contribution < -0.4 is 15.4 Å². The minimum absolute atomic E-state index is 0.0531. The number of anilines is 1. The van der Waals surface area contributed by atoms with Crippen molar-refractivity contribution in [3.05, 3.63) is 53.8 Å². The van der Waals surface area contributed by atoms with E-state index >= 15 is 0 Å². The first-order chi connectivity index (χ1) is 12.1. The minimum Gasteiger partial charge on any atom is -0.494 e. The maximum Gasteiger partial charge on any atom is 0.260 e. The van der Waals surface area contributed by atoms with Crippen LogP contribution in [0.2, 0.25) is 0 Å². The first-order valence-electron chi connectivity index (χ1n) is 7.47. The van der Waals surface area contributed by atoms with Gasteiger partial charge in [0.2, 0.25) is 0 Å². The molecular weight excluding hydrogens is 361 g/mol. The summed E-state index contributed by atoms with van der Waals surface area (Å²) in [5.41, 5.74) is 0.719. The number of amides is 1. The Morgan fingerprint density at radius 1 is 1.32 bits per heavy atom. The van der Waals surface area contributed by atoms with E-state index in [-0.39, 0.29) is 10.7 Å². The molecule has 0 unspecified atom stereocenters. The van der Waals surface area contributed by atoms with Gasteiger partial charge >= 0.3 is 0 Å². The number of nitrogens with zero attached hydrogens (tertiary/aromatic N) is 1. The van der Waals surface area contributed by atoms with E-state index in [1.165, 1.54) is 29.5 Å². The van der Waals surface area contributed by atoms with Crippen LogP contribution in [0.1, 0.15) is 17.3 Å². The average Bonchev–Trinajstić information content (AvgIpc) is 2.96. The Balaban J connectivity index is 1.69. The predicted octanol–water partition coefficient (Wildman–Crippen LogP) is 3.96. The Morgan fingerprint density at radius 3 is 2.88 bits per heavy atom. The zero-order valence-corrected chi connectivity index (χ0v) is 14.8. The van der Waals surface area contributed by atoms with Gasteiger partial charge in [0, 0.05) is 0 Å². The third-order valence-corrected chi connectivity index (χ3v) is 4.37. The number of hydrogen-bond acceptors (Lipinski definition) is 5. The van der Waals surface area contributed by atoms with Crippen LogP contribution in [-0.2, 0) is 0 Å². The van der Waals surface area contributed by atoms with E-state index in [9.17, 15) is 9.18 Å². The minimum atomic E-state index is -0.615. The van der Waals surface area contributed by atoms with Crippen molar-refractivity contribution in [2.45, 2.75) is 6.92 Å². The summed E-state index contributed by atoms with van der Waals surface area (Å²) in [4.78, 5) is 16.4. The van der Waals surface area contributed by atoms with Crippen LogP contribution in [0.25, 0.3) is 10.2 Å². The normalized spacial score (nSPS) is 10.5. The van der Waals surface area contributed by atoms with Crippen LogP contribution in [-0.4, -0.2) is 22.6 Å². The molecule has 2 N–H and O–H groups in total. The molecule has 3 rings (SSSR count). The zero-order chi connectivity index (χ0) is 17.8. The largest absolute Gasteiger partial charge is 0.494 e. The third-order valence-electron chi connectivity index (χ3n) is 3.24. The maximum atomic E-state index is 13.6. The van der Waals surface area contributed by atoms with Crippen molar-refractivity contribution in [2.75, 3.05) is 11.9 Å². The van der Waals surface area contributed by atoms with Crippen LogP contribution in [0, 0.1) is 5.82 Å². The second-order valence-corrected chi connectivity index (χ2v) is 6.41. The van der Waals surface area contributed by atoms with E-state index in [0.717, 1.165) is 16.0 Å². The van der Waals surface area contributed by atoms with Crippen molar-refractivity contribution in [1.29, 1.82) is 0 Å². The molecule has 0 spiro atoms. The zero-order valence-electron chi connectivity index (χ0n) is 13.2. The fourth-order valence-corrected chi connectivity index (χ4v) is 3.31. The van der Waals surface area contributed by atoms with Gasteiger partial charge < -0.3 is 10.1 Å². The van der Waals surface area contributed by atoms with Gasteiger partial charge in [-0.2, -0.15) is 0 Å². The van der Waals surface area contributed by atoms with Gasteiger partial charge in [-0.3, -0.25) is 10.1 Å². The Morgan fingerprint density at radius 2 is 2.12 bits per heavy atom. The summed E-state index contributed by atoms with van der Waals surface area (Å²) in [6.45, 7) is 2.50. The first-order valence-corrected chi connectivity index (χ1v) is 8.69. The average molecular weight is 375 g/mol. The maximum absolute atomic E-state index is 13.6. The lowest BCUT2D eigenvalue weighted by Gasteiger charge is -2.07. The number of rotatable bonds is 4. The molecule has 1 amide bonds. The van der Waals surface area contributed by atoms with Crippen LogP contribution in [0.5, 0.6) is 5.75 Å². The molecule has 0 radical (unpaired) electrons. The third kappa shape index (κ3) is 4.09. The smallest absolute Gasteiger partial charge is 0.260 e. The van der Waals surface area contributed by atoms with Crippen molar-refractivity contribution < 1.29 is 13.9 Å². The van der Waals surface area contributed by atoms with Gasteiger partial charge in [-0.25, -0.2) is 9.37 Å². The van der Waals surface area contributed by atoms with Crippen LogP contribution in [0.4, 0.5) is 9.52 Å². The van der Waals surface area contributed by atoms with E-state index in [0.29, 0.717) is 11.7 Å². The lowest BCUT2D eigenvalue weighted by atomic mass is 10.2. The number of carbonyl (C=O) groups excluding carboxylic acids is 1. The van der Waals surface area contributed by atoms with Crippen LogP contribution in [0.3, 0.4) is 0 Å². The number of thiocarbonyl (C=S) groups is 1. The first kappa shape index (κ1) is 17.2. The second kappa shape index (κ2) is 7.54. The quantitative estimate of drug-likeness (QED) is 0.676. The highest BCUT2D eigenvalue weighted by atomic mass is 32.1. The highest BCUT2D eigenvalue weighted by molar-refractivity contribution is 7.80. The highest BCUT2D eigenvalue weighted by Crippen LogP contribution is 2.29. The summed E-state index contributed by atoms with van der Waals surface area (Å²) in [5.74, 6) is -0.456. The molecule has 128 valence electrons. The van der Waals surface area contributed by atoms with Crippen molar-refractivity contribution in [2.24, 2.45) is 0 Å². The van der Waals surface area contributed by atoms with E-state index in [1.54, 1.807) is 6.07 Å². The summed E-state index contributed by atoms with van der Waals surface area (Å²) in [5, 5.41) is 5.87. The molecule has 1 aromatic heterocycles. The number of benzene rings is 2. The molecular formula is C17H14FN3O2S2. The van der Waals surface area contributed by atoms with Gasteiger partial charge in [0.1, 0.15) is 11.6 Å². The number of halogens is 1. The van der Waals surface area contributed by atoms with Crippen LogP contribution in [0.15, 0.2) is 42.5 Å². The number of nitrogens with one attached hydrogen (secondary N) is 2. The molecule has 0 fully saturated rings. The number of aromatic nitrogens is 1. The molecule has 0 saturated heterocycles. The van der Waals surface area contributed by atoms with E-state index < -0.39 is 11.7 Å². The van der Waals surface area contributed by atoms with Crippen molar-refractivity contribution in [1.82, 2.24) is 10.3 Å². The summed E-state index contributed by atoms with van der Waals surface area (Å²) < 4.78 is 20.0. The van der Waals surface area contributed by atoms with Gasteiger partial charge in [-0.15, -0.1) is 0 Å². The summed E-state index contributed by atoms with van der Waals surface area (Å²) in [6, 6.07) is 11.3. The molecule has 5 nitrogen and oxygen atoms in total. The molecule has 8 heteroatoms. The molecule has 0 saturated carbocycles. The Bertz CT molecular complexity index is 943. The Labute approximate surface area is 152 Å². The molecule has 0 aliphatic heterocycles. The molecule has 3 aromatic rings. The Kier molecular flexibility index (Phi) is 5.20. The number of carbonyl (C=O) groups is 1. The van der Waals surface area contributed by atoms with Gasteiger partial charge in [-0.05, 0) is 49.5 Å². The van der Waals surface area contributed by atoms with E-state index in [4.69, 9.17) is 17.0 Å². The highest BCUT2D eigenvalue weighted by Gasteiger charge is 2.13. The molecule has 0 aliphatic rings. The molecule has 25 heavy (non-hydrogen) atoms. The topological polar surface area (TPSA) is 63.2 Å². The lowest BCUT2D eigenvalue weighted by Crippen LogP contribution is -2.34. The van der Waals surface area contributed by atoms with Gasteiger partial charge in [0.25, 0.3) is 5.91 Å². The fraction of sp³-hybridized carbons (Fsp3) is 0.118. The Hall–Kier alpha value is -2.58. The van der Waals surface area contributed by atoms with Crippen molar-refractivity contribution in [3.63, 3.8) is 0 Å². The van der Waals surface area contributed by atoms with E-state index in [1.807, 2.05) is 25.1 Å². The SMILES string of the molecule is CCOc1ccc2nc(NC(=S)NC(=O)c3ccccc3F)sc2c1. The van der Waals surface area contributed by atoms with Gasteiger partial charge in [0.15, 0.2) is 10.2 Å². The molecule has 2 aromatic carbocycles. The molecule has 0 atom stereocenters. The number of ether oxygens (including phenoxy) is 1. The van der Waals surface area contributed by atoms with Crippen molar-refractivity contribution >= 4 is 49.9 Å². The fourth-order valence-electron chi connectivity index (χ4n) is 2.16. The predicted molar refractivity (Wildman–Crippen MR) is 101 cm³/mol. The lowest BCUT2D eigenvalue weighted by molar-refractivity contribution is 0.0974. The van der Waals surface area contributed by atoms with Crippen molar-refractivity contribution in [3.8, 4) is 5.75 Å². The number of hydrogen-bond donors (Lipinski definition) is 2. The van der Waals surface area contributed by atoms with Gasteiger partial charge in [0.05, 0.1) is 22.4 Å². The number of fused-ring (bicyclic) bond motifs is 1. The summed E-state index contributed by atoms with van der Waals surface area (Å²) in [6.07, 6.45) is 0.